The Balaban J connectivity index is 0.00000225. The molecule has 0 aromatic heterocycles. The molecule has 1 N–H and O–H groups in total. The molecule has 2 aromatic rings. The molecule has 0 unspecified atom stereocenters. The van der Waals surface area contributed by atoms with Gasteiger partial charge in [0.05, 0.1) is 0 Å². The van der Waals surface area contributed by atoms with E-state index in [9.17, 15) is 4.39 Å². The number of benzene rings is 2. The van der Waals surface area contributed by atoms with Crippen molar-refractivity contribution in [3.05, 3.63) is 59.4 Å². The highest BCUT2D eigenvalue weighted by Gasteiger charge is 2.13. The summed E-state index contributed by atoms with van der Waals surface area (Å²) in [5, 5.41) is 3.31. The van der Waals surface area contributed by atoms with Gasteiger partial charge in [-0.2, -0.15) is 0 Å². The summed E-state index contributed by atoms with van der Waals surface area (Å²) in [5.41, 5.74) is 2.10. The van der Waals surface area contributed by atoms with E-state index in [4.69, 9.17) is 9.47 Å². The van der Waals surface area contributed by atoms with Crippen LogP contribution in [0.1, 0.15) is 11.1 Å². The second-order valence-corrected chi connectivity index (χ2v) is 5.57. The molecule has 0 bridgehead atoms. The summed E-state index contributed by atoms with van der Waals surface area (Å²) in [6.45, 7) is 1.53. The number of halogens is 2. The summed E-state index contributed by atoms with van der Waals surface area (Å²) in [5.74, 6) is 2.07. The van der Waals surface area contributed by atoms with E-state index in [1.165, 1.54) is 12.1 Å². The lowest BCUT2D eigenvalue weighted by molar-refractivity contribution is 0.174. The van der Waals surface area contributed by atoms with Gasteiger partial charge in [0, 0.05) is 27.2 Å². The van der Waals surface area contributed by atoms with Gasteiger partial charge >= 0.3 is 0 Å². The first kappa shape index (κ1) is 19.3. The zero-order chi connectivity index (χ0) is 16.9. The number of aliphatic imine (C=N–C) groups is 1. The number of guanidine groups is 1. The Bertz CT molecular complexity index is 738. The van der Waals surface area contributed by atoms with Crippen LogP contribution < -0.4 is 14.8 Å². The van der Waals surface area contributed by atoms with Crippen LogP contribution >= 0.6 is 24.0 Å². The second-order valence-electron chi connectivity index (χ2n) is 5.57. The molecule has 3 rings (SSSR count). The van der Waals surface area contributed by atoms with E-state index in [2.05, 4.69) is 10.3 Å². The molecule has 1 aliphatic rings. The number of nitrogens with zero attached hydrogens (tertiary/aromatic N) is 2. The van der Waals surface area contributed by atoms with E-state index in [0.717, 1.165) is 28.6 Å². The highest BCUT2D eigenvalue weighted by Crippen LogP contribution is 2.32. The number of hydrogen-bond acceptors (Lipinski definition) is 3. The lowest BCUT2D eigenvalue weighted by atomic mass is 10.2. The third kappa shape index (κ3) is 4.97. The average Bonchev–Trinajstić information content (AvgIpc) is 3.05. The zero-order valence-electron chi connectivity index (χ0n) is 14.2. The minimum Gasteiger partial charge on any atom is -0.454 e. The van der Waals surface area contributed by atoms with Crippen molar-refractivity contribution in [2.45, 2.75) is 13.1 Å². The van der Waals surface area contributed by atoms with Crippen molar-refractivity contribution in [3.63, 3.8) is 0 Å². The Labute approximate surface area is 163 Å². The molecule has 25 heavy (non-hydrogen) atoms. The third-order valence-corrected chi connectivity index (χ3v) is 3.79. The Kier molecular flexibility index (Phi) is 6.86. The molecule has 0 fully saturated rings. The number of fused-ring (bicyclic) bond motifs is 1. The number of ether oxygens (including phenoxy) is 2. The van der Waals surface area contributed by atoms with Crippen molar-refractivity contribution >= 4 is 29.9 Å². The monoisotopic (exact) mass is 457 g/mol. The highest BCUT2D eigenvalue weighted by atomic mass is 127. The molecule has 0 amide bonds. The summed E-state index contributed by atoms with van der Waals surface area (Å²) in [6, 6.07) is 12.3. The van der Waals surface area contributed by atoms with Crippen molar-refractivity contribution < 1.29 is 13.9 Å². The maximum atomic E-state index is 13.0. The maximum Gasteiger partial charge on any atom is 0.231 e. The van der Waals surface area contributed by atoms with Gasteiger partial charge in [0.1, 0.15) is 5.82 Å². The summed E-state index contributed by atoms with van der Waals surface area (Å²) in [7, 11) is 3.68. The molecule has 0 saturated carbocycles. The quantitative estimate of drug-likeness (QED) is 0.435. The Morgan fingerprint density at radius 2 is 1.80 bits per heavy atom. The molecule has 7 heteroatoms. The van der Waals surface area contributed by atoms with Crippen LogP contribution in [0.2, 0.25) is 0 Å². The fourth-order valence-electron chi connectivity index (χ4n) is 2.56. The van der Waals surface area contributed by atoms with Crippen molar-refractivity contribution in [1.29, 1.82) is 0 Å². The standard InChI is InChI=1S/C18H20FN3O2.HI/c1-20-18(22(2)11-13-3-6-15(19)7-4-13)21-10-14-5-8-16-17(9-14)24-12-23-16;/h3-9H,10-12H2,1-2H3,(H,20,21);1H. The maximum absolute atomic E-state index is 13.0. The third-order valence-electron chi connectivity index (χ3n) is 3.79. The molecule has 0 saturated heterocycles. The van der Waals surface area contributed by atoms with Crippen molar-refractivity contribution in [2.75, 3.05) is 20.9 Å². The smallest absolute Gasteiger partial charge is 0.231 e. The van der Waals surface area contributed by atoms with Gasteiger partial charge in [0.2, 0.25) is 6.79 Å². The van der Waals surface area contributed by atoms with Crippen molar-refractivity contribution in [2.24, 2.45) is 4.99 Å². The van der Waals surface area contributed by atoms with Crippen LogP contribution in [0.15, 0.2) is 47.5 Å². The van der Waals surface area contributed by atoms with Crippen LogP contribution in [0.3, 0.4) is 0 Å². The molecule has 5 nitrogen and oxygen atoms in total. The molecule has 1 aliphatic heterocycles. The summed E-state index contributed by atoms with van der Waals surface area (Å²) in [6.07, 6.45) is 0. The van der Waals surface area contributed by atoms with Crippen LogP contribution in [0.25, 0.3) is 0 Å². The van der Waals surface area contributed by atoms with E-state index in [1.54, 1.807) is 19.2 Å². The van der Waals surface area contributed by atoms with E-state index >= 15 is 0 Å². The molecule has 0 aliphatic carbocycles. The summed E-state index contributed by atoms with van der Waals surface area (Å²) in [4.78, 5) is 6.28. The number of rotatable bonds is 4. The Morgan fingerprint density at radius 3 is 2.52 bits per heavy atom. The van der Waals surface area contributed by atoms with E-state index in [1.807, 2.05) is 30.1 Å². The second kappa shape index (κ2) is 8.89. The van der Waals surface area contributed by atoms with Gasteiger partial charge in [-0.1, -0.05) is 18.2 Å². The fraction of sp³-hybridized carbons (Fsp3) is 0.278. The van der Waals surface area contributed by atoms with E-state index < -0.39 is 0 Å². The molecule has 2 aromatic carbocycles. The minimum absolute atomic E-state index is 0. The number of nitrogens with one attached hydrogen (secondary N) is 1. The minimum atomic E-state index is -0.230. The van der Waals surface area contributed by atoms with Gasteiger partial charge in [-0.15, -0.1) is 24.0 Å². The Morgan fingerprint density at radius 1 is 1.12 bits per heavy atom. The van der Waals surface area contributed by atoms with Crippen molar-refractivity contribution in [3.8, 4) is 11.5 Å². The molecule has 134 valence electrons. The van der Waals surface area contributed by atoms with Crippen LogP contribution in [0.4, 0.5) is 4.39 Å². The lowest BCUT2D eigenvalue weighted by Crippen LogP contribution is -2.38. The lowest BCUT2D eigenvalue weighted by Gasteiger charge is -2.22. The van der Waals surface area contributed by atoms with Crippen molar-refractivity contribution in [1.82, 2.24) is 10.2 Å². The van der Waals surface area contributed by atoms with Crippen LogP contribution in [0.5, 0.6) is 11.5 Å². The Hall–Kier alpha value is -2.03. The predicted molar refractivity (Wildman–Crippen MR) is 106 cm³/mol. The van der Waals surface area contributed by atoms with Gasteiger partial charge in [-0.3, -0.25) is 4.99 Å². The van der Waals surface area contributed by atoms with Gasteiger partial charge in [-0.05, 0) is 35.4 Å². The first-order valence-electron chi connectivity index (χ1n) is 7.70. The molecular weight excluding hydrogens is 436 g/mol. The number of hydrogen-bond donors (Lipinski definition) is 1. The summed E-state index contributed by atoms with van der Waals surface area (Å²) < 4.78 is 23.7. The molecule has 0 atom stereocenters. The van der Waals surface area contributed by atoms with E-state index in [-0.39, 0.29) is 36.6 Å². The highest BCUT2D eigenvalue weighted by molar-refractivity contribution is 14.0. The first-order chi connectivity index (χ1) is 11.7. The van der Waals surface area contributed by atoms with Gasteiger partial charge in [0.15, 0.2) is 17.5 Å². The zero-order valence-corrected chi connectivity index (χ0v) is 16.5. The normalized spacial score (nSPS) is 12.5. The fourth-order valence-corrected chi connectivity index (χ4v) is 2.56. The van der Waals surface area contributed by atoms with Crippen LogP contribution in [0, 0.1) is 5.82 Å². The van der Waals surface area contributed by atoms with Crippen LogP contribution in [-0.2, 0) is 13.1 Å². The predicted octanol–water partition coefficient (Wildman–Crippen LogP) is 3.38. The largest absolute Gasteiger partial charge is 0.454 e. The van der Waals surface area contributed by atoms with Crippen LogP contribution in [-0.4, -0.2) is 31.7 Å². The topological polar surface area (TPSA) is 46.1 Å². The van der Waals surface area contributed by atoms with Gasteiger partial charge < -0.3 is 19.7 Å². The van der Waals surface area contributed by atoms with Gasteiger partial charge in [0.25, 0.3) is 0 Å². The SMILES string of the molecule is CN=C(NCc1ccc2c(c1)OCO2)N(C)Cc1ccc(F)cc1.I. The van der Waals surface area contributed by atoms with Gasteiger partial charge in [-0.25, -0.2) is 4.39 Å². The average molecular weight is 457 g/mol. The molecule has 0 spiro atoms. The molecule has 0 radical (unpaired) electrons. The van der Waals surface area contributed by atoms with E-state index in [0.29, 0.717) is 13.1 Å². The molecular formula is C18H21FIN3O2. The summed E-state index contributed by atoms with van der Waals surface area (Å²) >= 11 is 0. The molecule has 1 heterocycles. The first-order valence-corrected chi connectivity index (χ1v) is 7.70.